The van der Waals surface area contributed by atoms with Crippen molar-refractivity contribution >= 4 is 31.8 Å². The molecule has 0 amide bonds. The molecule has 0 aliphatic carbocycles. The quantitative estimate of drug-likeness (QED) is 0.831. The molecule has 0 radical (unpaired) electrons. The molecule has 0 N–H and O–H groups in total. The smallest absolute Gasteiger partial charge is 0.249 e. The van der Waals surface area contributed by atoms with Crippen LogP contribution in [0, 0.1) is 5.82 Å². The van der Waals surface area contributed by atoms with Crippen LogP contribution in [0.3, 0.4) is 0 Å². The fraction of sp³-hybridized carbons (Fsp3) is 0.154. The zero-order valence-electron chi connectivity index (χ0n) is 10.3. The predicted molar refractivity (Wildman–Crippen MR) is 76.6 cm³/mol. The summed E-state index contributed by atoms with van der Waals surface area (Å²) in [6.45, 7) is 0.317. The third-order valence-corrected chi connectivity index (χ3v) is 5.33. The Bertz CT molecular complexity index is 780. The van der Waals surface area contributed by atoms with Crippen LogP contribution < -0.4 is 4.31 Å². The van der Waals surface area contributed by atoms with Gasteiger partial charge in [0.15, 0.2) is 0 Å². The van der Waals surface area contributed by atoms with Crippen molar-refractivity contribution in [1.82, 2.24) is 4.98 Å². The Balaban J connectivity index is 2.07. The first kappa shape index (κ1) is 13.5. The van der Waals surface area contributed by atoms with E-state index in [1.807, 2.05) is 6.07 Å². The average Bonchev–Trinajstić information content (AvgIpc) is 2.82. The SMILES string of the molecule is O=S(=O)(c1cccc(F)c1)N1CCc2cc(Br)cnc21. The maximum absolute atomic E-state index is 13.2. The van der Waals surface area contributed by atoms with E-state index in [0.717, 1.165) is 16.1 Å². The molecular formula is C13H10BrFN2O2S. The standard InChI is InChI=1S/C13H10BrFN2O2S/c14-10-6-9-4-5-17(13(9)16-8-10)20(18,19)12-3-1-2-11(15)7-12/h1-3,6-8H,4-5H2. The minimum absolute atomic E-state index is 0.0601. The molecule has 1 aliphatic rings. The number of aromatic nitrogens is 1. The summed E-state index contributed by atoms with van der Waals surface area (Å²) < 4.78 is 40.3. The summed E-state index contributed by atoms with van der Waals surface area (Å²) >= 11 is 3.31. The zero-order chi connectivity index (χ0) is 14.3. The maximum atomic E-state index is 13.2. The largest absolute Gasteiger partial charge is 0.265 e. The number of sulfonamides is 1. The highest BCUT2D eigenvalue weighted by Gasteiger charge is 2.32. The van der Waals surface area contributed by atoms with Gasteiger partial charge in [0.25, 0.3) is 10.0 Å². The Morgan fingerprint density at radius 2 is 2.10 bits per heavy atom. The van der Waals surface area contributed by atoms with Gasteiger partial charge in [0, 0.05) is 17.2 Å². The summed E-state index contributed by atoms with van der Waals surface area (Å²) in [6, 6.07) is 6.85. The van der Waals surface area contributed by atoms with Crippen LogP contribution >= 0.6 is 15.9 Å². The van der Waals surface area contributed by atoms with Crippen molar-refractivity contribution in [3.8, 4) is 0 Å². The summed E-state index contributed by atoms with van der Waals surface area (Å²) in [5, 5.41) is 0. The number of rotatable bonds is 2. The Hall–Kier alpha value is -1.47. The molecule has 2 heterocycles. The second kappa shape index (κ2) is 4.82. The normalized spacial score (nSPS) is 14.4. The monoisotopic (exact) mass is 356 g/mol. The number of nitrogens with zero attached hydrogens (tertiary/aromatic N) is 2. The van der Waals surface area contributed by atoms with Crippen LogP contribution in [0.25, 0.3) is 0 Å². The van der Waals surface area contributed by atoms with Gasteiger partial charge in [-0.25, -0.2) is 22.1 Å². The fourth-order valence-electron chi connectivity index (χ4n) is 2.20. The van der Waals surface area contributed by atoms with Crippen LogP contribution in [0.5, 0.6) is 0 Å². The van der Waals surface area contributed by atoms with Gasteiger partial charge >= 0.3 is 0 Å². The van der Waals surface area contributed by atoms with Crippen LogP contribution in [0.4, 0.5) is 10.2 Å². The van der Waals surface area contributed by atoms with Crippen LogP contribution in [0.2, 0.25) is 0 Å². The van der Waals surface area contributed by atoms with E-state index in [-0.39, 0.29) is 4.90 Å². The third-order valence-electron chi connectivity index (χ3n) is 3.11. The number of hydrogen-bond acceptors (Lipinski definition) is 3. The van der Waals surface area contributed by atoms with E-state index in [9.17, 15) is 12.8 Å². The molecule has 1 aromatic heterocycles. The number of hydrogen-bond donors (Lipinski definition) is 0. The van der Waals surface area contributed by atoms with Crippen LogP contribution in [-0.4, -0.2) is 19.9 Å². The van der Waals surface area contributed by atoms with Crippen molar-refractivity contribution in [2.45, 2.75) is 11.3 Å². The van der Waals surface area contributed by atoms with Gasteiger partial charge in [0.1, 0.15) is 11.6 Å². The molecule has 3 rings (SSSR count). The minimum atomic E-state index is -3.77. The van der Waals surface area contributed by atoms with Crippen molar-refractivity contribution in [2.24, 2.45) is 0 Å². The molecule has 0 bridgehead atoms. The molecule has 4 nitrogen and oxygen atoms in total. The van der Waals surface area contributed by atoms with Gasteiger partial charge in [-0.1, -0.05) is 6.07 Å². The first-order valence-electron chi connectivity index (χ1n) is 5.91. The number of fused-ring (bicyclic) bond motifs is 1. The van der Waals surface area contributed by atoms with E-state index in [4.69, 9.17) is 0 Å². The van der Waals surface area contributed by atoms with Crippen molar-refractivity contribution in [3.05, 3.63) is 52.4 Å². The first-order chi connectivity index (χ1) is 9.48. The molecule has 0 atom stereocenters. The van der Waals surface area contributed by atoms with Gasteiger partial charge in [-0.05, 0) is 52.2 Å². The molecule has 0 saturated carbocycles. The van der Waals surface area contributed by atoms with E-state index in [0.29, 0.717) is 18.8 Å². The van der Waals surface area contributed by atoms with Crippen LogP contribution in [0.15, 0.2) is 45.9 Å². The molecule has 1 aromatic carbocycles. The van der Waals surface area contributed by atoms with Gasteiger partial charge in [0.2, 0.25) is 0 Å². The summed E-state index contributed by atoms with van der Waals surface area (Å²) in [5.41, 5.74) is 0.861. The zero-order valence-corrected chi connectivity index (χ0v) is 12.7. The predicted octanol–water partition coefficient (Wildman–Crippen LogP) is 2.73. The van der Waals surface area contributed by atoms with Gasteiger partial charge < -0.3 is 0 Å². The molecule has 0 spiro atoms. The summed E-state index contributed by atoms with van der Waals surface area (Å²) in [4.78, 5) is 4.10. The molecule has 104 valence electrons. The lowest BCUT2D eigenvalue weighted by Gasteiger charge is -2.18. The summed E-state index contributed by atoms with van der Waals surface area (Å²) in [7, 11) is -3.77. The maximum Gasteiger partial charge on any atom is 0.265 e. The van der Waals surface area contributed by atoms with Gasteiger partial charge in [-0.15, -0.1) is 0 Å². The van der Waals surface area contributed by atoms with Crippen molar-refractivity contribution in [1.29, 1.82) is 0 Å². The minimum Gasteiger partial charge on any atom is -0.249 e. The Morgan fingerprint density at radius 1 is 1.30 bits per heavy atom. The average molecular weight is 357 g/mol. The lowest BCUT2D eigenvalue weighted by atomic mass is 10.2. The van der Waals surface area contributed by atoms with Crippen molar-refractivity contribution < 1.29 is 12.8 Å². The lowest BCUT2D eigenvalue weighted by Crippen LogP contribution is -2.29. The molecule has 1 aliphatic heterocycles. The second-order valence-corrected chi connectivity index (χ2v) is 7.20. The van der Waals surface area contributed by atoms with E-state index in [2.05, 4.69) is 20.9 Å². The topological polar surface area (TPSA) is 50.3 Å². The highest BCUT2D eigenvalue weighted by atomic mass is 79.9. The van der Waals surface area contributed by atoms with E-state index < -0.39 is 15.8 Å². The number of halogens is 2. The number of benzene rings is 1. The lowest BCUT2D eigenvalue weighted by molar-refractivity contribution is 0.587. The van der Waals surface area contributed by atoms with Gasteiger partial charge in [-0.2, -0.15) is 0 Å². The van der Waals surface area contributed by atoms with Crippen LogP contribution in [0.1, 0.15) is 5.56 Å². The van der Waals surface area contributed by atoms with Gasteiger partial charge in [0.05, 0.1) is 4.90 Å². The molecule has 0 saturated heterocycles. The van der Waals surface area contributed by atoms with Gasteiger partial charge in [-0.3, -0.25) is 0 Å². The fourth-order valence-corrected chi connectivity index (χ4v) is 4.07. The Labute approximate surface area is 124 Å². The summed E-state index contributed by atoms with van der Waals surface area (Å²) in [5.74, 6) is -0.160. The number of pyridine rings is 1. The first-order valence-corrected chi connectivity index (χ1v) is 8.14. The molecule has 0 unspecified atom stereocenters. The van der Waals surface area contributed by atoms with Crippen molar-refractivity contribution in [3.63, 3.8) is 0 Å². The molecule has 20 heavy (non-hydrogen) atoms. The van der Waals surface area contributed by atoms with E-state index >= 15 is 0 Å². The van der Waals surface area contributed by atoms with Crippen LogP contribution in [-0.2, 0) is 16.4 Å². The molecule has 2 aromatic rings. The van der Waals surface area contributed by atoms with Crippen molar-refractivity contribution in [2.75, 3.05) is 10.8 Å². The summed E-state index contributed by atoms with van der Waals surface area (Å²) in [6.07, 6.45) is 2.15. The number of anilines is 1. The molecular weight excluding hydrogens is 347 g/mol. The van der Waals surface area contributed by atoms with E-state index in [1.165, 1.54) is 22.5 Å². The highest BCUT2D eigenvalue weighted by molar-refractivity contribution is 9.10. The second-order valence-electron chi connectivity index (χ2n) is 4.42. The Kier molecular flexibility index (Phi) is 3.25. The molecule has 0 fully saturated rings. The molecule has 7 heteroatoms. The Morgan fingerprint density at radius 3 is 2.85 bits per heavy atom. The van der Waals surface area contributed by atoms with E-state index in [1.54, 1.807) is 6.20 Å². The third kappa shape index (κ3) is 2.20. The highest BCUT2D eigenvalue weighted by Crippen LogP contribution is 2.32.